The van der Waals surface area contributed by atoms with Crippen molar-refractivity contribution < 1.29 is 13.2 Å². The molecule has 0 aliphatic carbocycles. The molecule has 1 aliphatic heterocycles. The maximum absolute atomic E-state index is 13.0. The number of hydrogen-bond donors (Lipinski definition) is 1. The summed E-state index contributed by atoms with van der Waals surface area (Å²) in [6.07, 6.45) is 3.57. The van der Waals surface area contributed by atoms with Crippen molar-refractivity contribution in [3.05, 3.63) is 59.4 Å². The van der Waals surface area contributed by atoms with E-state index in [4.69, 9.17) is 0 Å². The third-order valence-electron chi connectivity index (χ3n) is 4.90. The Morgan fingerprint density at radius 3 is 2.43 bits per heavy atom. The minimum Gasteiger partial charge on any atom is -0.336 e. The summed E-state index contributed by atoms with van der Waals surface area (Å²) in [7, 11) is -3.59. The van der Waals surface area contributed by atoms with Crippen LogP contribution in [0.4, 0.5) is 0 Å². The SMILES string of the molecule is CCNS(=O)(=O)c1ccc(C)c(C(=O)N2CCN(Cc3ccncc3)CC2)c1. The van der Waals surface area contributed by atoms with Crippen LogP contribution in [0.3, 0.4) is 0 Å². The number of sulfonamides is 1. The predicted octanol–water partition coefficient (Wildman–Crippen LogP) is 1.65. The number of aromatic nitrogens is 1. The van der Waals surface area contributed by atoms with E-state index in [9.17, 15) is 13.2 Å². The number of piperazine rings is 1. The first kappa shape index (κ1) is 20.4. The third kappa shape index (κ3) is 4.76. The van der Waals surface area contributed by atoms with Gasteiger partial charge in [-0.3, -0.25) is 14.7 Å². The first-order valence-corrected chi connectivity index (χ1v) is 10.9. The van der Waals surface area contributed by atoms with Gasteiger partial charge in [0.2, 0.25) is 10.0 Å². The zero-order chi connectivity index (χ0) is 20.1. The Morgan fingerprint density at radius 1 is 1.11 bits per heavy atom. The van der Waals surface area contributed by atoms with Crippen LogP contribution in [0, 0.1) is 6.92 Å². The number of amides is 1. The maximum Gasteiger partial charge on any atom is 0.254 e. The van der Waals surface area contributed by atoms with E-state index in [1.807, 2.05) is 19.1 Å². The van der Waals surface area contributed by atoms with Crippen molar-refractivity contribution in [3.63, 3.8) is 0 Å². The first-order chi connectivity index (χ1) is 13.4. The van der Waals surface area contributed by atoms with Gasteiger partial charge in [0.25, 0.3) is 5.91 Å². The maximum atomic E-state index is 13.0. The minimum absolute atomic E-state index is 0.116. The molecule has 8 heteroatoms. The highest BCUT2D eigenvalue weighted by atomic mass is 32.2. The van der Waals surface area contributed by atoms with Crippen LogP contribution in [0.2, 0.25) is 0 Å². The average molecular weight is 403 g/mol. The van der Waals surface area contributed by atoms with Gasteiger partial charge in [-0.2, -0.15) is 0 Å². The van der Waals surface area contributed by atoms with E-state index < -0.39 is 10.0 Å². The molecule has 1 amide bonds. The van der Waals surface area contributed by atoms with Crippen molar-refractivity contribution in [1.29, 1.82) is 0 Å². The number of carbonyl (C=O) groups is 1. The summed E-state index contributed by atoms with van der Waals surface area (Å²) in [6.45, 7) is 7.49. The molecule has 1 aromatic heterocycles. The molecule has 0 bridgehead atoms. The van der Waals surface area contributed by atoms with E-state index in [2.05, 4.69) is 14.6 Å². The fourth-order valence-corrected chi connectivity index (χ4v) is 4.36. The second-order valence-electron chi connectivity index (χ2n) is 6.90. The van der Waals surface area contributed by atoms with Crippen molar-refractivity contribution in [1.82, 2.24) is 19.5 Å². The number of rotatable bonds is 6. The Hall–Kier alpha value is -2.29. The van der Waals surface area contributed by atoms with Gasteiger partial charge in [-0.25, -0.2) is 13.1 Å². The van der Waals surface area contributed by atoms with E-state index in [1.54, 1.807) is 30.3 Å². The molecule has 2 heterocycles. The number of hydrogen-bond acceptors (Lipinski definition) is 5. The fraction of sp³-hybridized carbons (Fsp3) is 0.400. The Bertz CT molecular complexity index is 924. The van der Waals surface area contributed by atoms with E-state index in [1.165, 1.54) is 17.7 Å². The molecule has 0 radical (unpaired) electrons. The molecule has 150 valence electrons. The fourth-order valence-electron chi connectivity index (χ4n) is 3.30. The molecule has 1 saturated heterocycles. The molecule has 3 rings (SSSR count). The number of benzene rings is 1. The average Bonchev–Trinajstić information content (AvgIpc) is 2.69. The molecule has 0 unspecified atom stereocenters. The van der Waals surface area contributed by atoms with Crippen LogP contribution >= 0.6 is 0 Å². The van der Waals surface area contributed by atoms with Crippen molar-refractivity contribution >= 4 is 15.9 Å². The summed E-state index contributed by atoms with van der Waals surface area (Å²) in [5, 5.41) is 0. The lowest BCUT2D eigenvalue weighted by atomic mass is 10.1. The normalized spacial score (nSPS) is 15.6. The first-order valence-electron chi connectivity index (χ1n) is 9.41. The van der Waals surface area contributed by atoms with Crippen LogP contribution in [0.1, 0.15) is 28.4 Å². The van der Waals surface area contributed by atoms with E-state index in [0.717, 1.165) is 25.2 Å². The second kappa shape index (κ2) is 8.81. The van der Waals surface area contributed by atoms with Crippen LogP contribution in [0.25, 0.3) is 0 Å². The Labute approximate surface area is 166 Å². The number of nitrogens with zero attached hydrogens (tertiary/aromatic N) is 3. The Kier molecular flexibility index (Phi) is 6.43. The number of pyridine rings is 1. The molecule has 0 atom stereocenters. The monoisotopic (exact) mass is 402 g/mol. The Balaban J connectivity index is 1.68. The van der Waals surface area contributed by atoms with Crippen LogP contribution in [-0.4, -0.2) is 61.8 Å². The number of nitrogens with one attached hydrogen (secondary N) is 1. The van der Waals surface area contributed by atoms with Crippen LogP contribution in [0.5, 0.6) is 0 Å². The molecule has 1 N–H and O–H groups in total. The van der Waals surface area contributed by atoms with Gasteiger partial charge in [0.1, 0.15) is 0 Å². The highest BCUT2D eigenvalue weighted by molar-refractivity contribution is 7.89. The number of aryl methyl sites for hydroxylation is 1. The summed E-state index contributed by atoms with van der Waals surface area (Å²) >= 11 is 0. The quantitative estimate of drug-likeness (QED) is 0.794. The molecular formula is C20H26N4O3S. The van der Waals surface area contributed by atoms with Gasteiger partial charge >= 0.3 is 0 Å². The van der Waals surface area contributed by atoms with Gasteiger partial charge in [-0.15, -0.1) is 0 Å². The molecule has 1 aromatic carbocycles. The summed E-state index contributed by atoms with van der Waals surface area (Å²) in [4.78, 5) is 21.3. The largest absolute Gasteiger partial charge is 0.336 e. The lowest BCUT2D eigenvalue weighted by Gasteiger charge is -2.35. The third-order valence-corrected chi connectivity index (χ3v) is 6.44. The van der Waals surface area contributed by atoms with Crippen LogP contribution < -0.4 is 4.72 Å². The molecule has 2 aromatic rings. The molecular weight excluding hydrogens is 376 g/mol. The zero-order valence-corrected chi connectivity index (χ0v) is 17.1. The van der Waals surface area contributed by atoms with Gasteiger partial charge in [0.15, 0.2) is 0 Å². The van der Waals surface area contributed by atoms with Crippen molar-refractivity contribution in [2.75, 3.05) is 32.7 Å². The molecule has 0 saturated carbocycles. The highest BCUT2D eigenvalue weighted by Gasteiger charge is 2.24. The summed E-state index contributed by atoms with van der Waals surface area (Å²) in [5.41, 5.74) is 2.42. The zero-order valence-electron chi connectivity index (χ0n) is 16.3. The van der Waals surface area contributed by atoms with Crippen molar-refractivity contribution in [2.24, 2.45) is 0 Å². The van der Waals surface area contributed by atoms with E-state index in [-0.39, 0.29) is 10.8 Å². The van der Waals surface area contributed by atoms with Crippen molar-refractivity contribution in [2.45, 2.75) is 25.3 Å². The van der Waals surface area contributed by atoms with Gasteiger partial charge < -0.3 is 4.90 Å². The minimum atomic E-state index is -3.59. The van der Waals surface area contributed by atoms with Crippen LogP contribution in [-0.2, 0) is 16.6 Å². The second-order valence-corrected chi connectivity index (χ2v) is 8.67. The molecule has 28 heavy (non-hydrogen) atoms. The molecule has 7 nitrogen and oxygen atoms in total. The smallest absolute Gasteiger partial charge is 0.254 e. The molecule has 1 aliphatic rings. The molecule has 1 fully saturated rings. The lowest BCUT2D eigenvalue weighted by molar-refractivity contribution is 0.0627. The highest BCUT2D eigenvalue weighted by Crippen LogP contribution is 2.19. The van der Waals surface area contributed by atoms with Crippen LogP contribution in [0.15, 0.2) is 47.6 Å². The number of carbonyl (C=O) groups excluding carboxylic acids is 1. The Morgan fingerprint density at radius 2 is 1.79 bits per heavy atom. The lowest BCUT2D eigenvalue weighted by Crippen LogP contribution is -2.48. The summed E-state index contributed by atoms with van der Waals surface area (Å²) < 4.78 is 27.0. The van der Waals surface area contributed by atoms with Gasteiger partial charge in [-0.05, 0) is 42.3 Å². The van der Waals surface area contributed by atoms with Gasteiger partial charge in [0.05, 0.1) is 4.90 Å². The topological polar surface area (TPSA) is 82.6 Å². The van der Waals surface area contributed by atoms with Crippen molar-refractivity contribution in [3.8, 4) is 0 Å². The standard InChI is InChI=1S/C20H26N4O3S/c1-3-22-28(26,27)18-5-4-16(2)19(14-18)20(25)24-12-10-23(11-13-24)15-17-6-8-21-9-7-17/h4-9,14,22H,3,10-13,15H2,1-2H3. The predicted molar refractivity (Wildman–Crippen MR) is 107 cm³/mol. The summed E-state index contributed by atoms with van der Waals surface area (Å²) in [6, 6.07) is 8.71. The van der Waals surface area contributed by atoms with E-state index >= 15 is 0 Å². The van der Waals surface area contributed by atoms with Gasteiger partial charge in [0, 0.05) is 57.2 Å². The summed E-state index contributed by atoms with van der Waals surface area (Å²) in [5.74, 6) is -0.116. The van der Waals surface area contributed by atoms with E-state index in [0.29, 0.717) is 25.2 Å². The van der Waals surface area contributed by atoms with Gasteiger partial charge in [-0.1, -0.05) is 13.0 Å². The molecule has 0 spiro atoms.